The molecule has 0 saturated carbocycles. The SMILES string of the molecule is COC(=O)c1ccc(-c2cnco2)cc1OC. The highest BCUT2D eigenvalue weighted by Gasteiger charge is 2.14. The second-order valence-electron chi connectivity index (χ2n) is 3.27. The molecule has 0 aliphatic heterocycles. The van der Waals surface area contributed by atoms with Gasteiger partial charge in [-0.3, -0.25) is 0 Å². The van der Waals surface area contributed by atoms with Gasteiger partial charge in [0.1, 0.15) is 11.3 Å². The molecule has 2 aromatic rings. The lowest BCUT2D eigenvalue weighted by molar-refractivity contribution is 0.0597. The fourth-order valence-corrected chi connectivity index (χ4v) is 1.48. The Morgan fingerprint density at radius 1 is 1.35 bits per heavy atom. The second-order valence-corrected chi connectivity index (χ2v) is 3.27. The molecule has 0 bridgehead atoms. The number of rotatable bonds is 3. The third-order valence-corrected chi connectivity index (χ3v) is 2.32. The number of ether oxygens (including phenoxy) is 2. The predicted molar refractivity (Wildman–Crippen MR) is 59.8 cm³/mol. The van der Waals surface area contributed by atoms with Crippen LogP contribution in [0, 0.1) is 0 Å². The summed E-state index contributed by atoms with van der Waals surface area (Å²) in [5.74, 6) is 0.608. The minimum atomic E-state index is -0.439. The zero-order valence-electron chi connectivity index (χ0n) is 9.47. The maximum Gasteiger partial charge on any atom is 0.341 e. The summed E-state index contributed by atoms with van der Waals surface area (Å²) in [6.07, 6.45) is 2.93. The summed E-state index contributed by atoms with van der Waals surface area (Å²) < 4.78 is 15.0. The molecule has 5 heteroatoms. The summed E-state index contributed by atoms with van der Waals surface area (Å²) in [6, 6.07) is 5.07. The molecule has 88 valence electrons. The fraction of sp³-hybridized carbons (Fsp3) is 0.167. The first kappa shape index (κ1) is 11.2. The monoisotopic (exact) mass is 233 g/mol. The smallest absolute Gasteiger partial charge is 0.341 e. The second kappa shape index (κ2) is 4.69. The molecule has 0 spiro atoms. The summed E-state index contributed by atoms with van der Waals surface area (Å²) in [5, 5.41) is 0. The van der Waals surface area contributed by atoms with Gasteiger partial charge in [-0.2, -0.15) is 0 Å². The molecule has 17 heavy (non-hydrogen) atoms. The van der Waals surface area contributed by atoms with Gasteiger partial charge < -0.3 is 13.9 Å². The Morgan fingerprint density at radius 2 is 2.18 bits per heavy atom. The lowest BCUT2D eigenvalue weighted by Crippen LogP contribution is -2.03. The molecule has 0 saturated heterocycles. The van der Waals surface area contributed by atoms with Crippen molar-refractivity contribution in [1.29, 1.82) is 0 Å². The highest BCUT2D eigenvalue weighted by molar-refractivity contribution is 5.93. The van der Waals surface area contributed by atoms with Crippen LogP contribution in [0.2, 0.25) is 0 Å². The number of benzene rings is 1. The number of carbonyl (C=O) groups is 1. The van der Waals surface area contributed by atoms with Crippen LogP contribution < -0.4 is 4.74 Å². The van der Waals surface area contributed by atoms with Crippen LogP contribution in [0.4, 0.5) is 0 Å². The van der Waals surface area contributed by atoms with Crippen molar-refractivity contribution in [2.45, 2.75) is 0 Å². The molecule has 1 aromatic heterocycles. The Hall–Kier alpha value is -2.30. The minimum absolute atomic E-state index is 0.373. The molecule has 0 atom stereocenters. The average Bonchev–Trinajstić information content (AvgIpc) is 2.91. The van der Waals surface area contributed by atoms with Crippen LogP contribution in [0.1, 0.15) is 10.4 Å². The summed E-state index contributed by atoms with van der Waals surface area (Å²) in [4.78, 5) is 15.3. The molecule has 0 aliphatic rings. The van der Waals surface area contributed by atoms with E-state index in [0.717, 1.165) is 5.56 Å². The molecule has 5 nitrogen and oxygen atoms in total. The van der Waals surface area contributed by atoms with E-state index in [1.54, 1.807) is 24.4 Å². The number of esters is 1. The lowest BCUT2D eigenvalue weighted by atomic mass is 10.1. The third-order valence-electron chi connectivity index (χ3n) is 2.32. The van der Waals surface area contributed by atoms with Crippen molar-refractivity contribution in [2.75, 3.05) is 14.2 Å². The van der Waals surface area contributed by atoms with Gasteiger partial charge in [0.15, 0.2) is 12.2 Å². The van der Waals surface area contributed by atoms with Crippen LogP contribution in [-0.4, -0.2) is 25.2 Å². The van der Waals surface area contributed by atoms with Crippen LogP contribution in [0.3, 0.4) is 0 Å². The van der Waals surface area contributed by atoms with E-state index in [4.69, 9.17) is 9.15 Å². The Morgan fingerprint density at radius 3 is 2.76 bits per heavy atom. The topological polar surface area (TPSA) is 61.6 Å². The lowest BCUT2D eigenvalue weighted by Gasteiger charge is -2.07. The van der Waals surface area contributed by atoms with Gasteiger partial charge in [0.25, 0.3) is 0 Å². The Kier molecular flexibility index (Phi) is 3.09. The van der Waals surface area contributed by atoms with E-state index >= 15 is 0 Å². The molecule has 1 aromatic carbocycles. The summed E-state index contributed by atoms with van der Waals surface area (Å²) in [7, 11) is 2.82. The zero-order chi connectivity index (χ0) is 12.3. The molecule has 2 rings (SSSR count). The molecule has 0 aliphatic carbocycles. The van der Waals surface area contributed by atoms with Crippen molar-refractivity contribution in [3.8, 4) is 17.1 Å². The van der Waals surface area contributed by atoms with E-state index in [1.807, 2.05) is 0 Å². The van der Waals surface area contributed by atoms with Crippen molar-refractivity contribution in [3.63, 3.8) is 0 Å². The molecule has 0 unspecified atom stereocenters. The van der Waals surface area contributed by atoms with Gasteiger partial charge in [-0.15, -0.1) is 0 Å². The number of oxazole rings is 1. The van der Waals surface area contributed by atoms with Crippen molar-refractivity contribution in [3.05, 3.63) is 36.4 Å². The first-order valence-electron chi connectivity index (χ1n) is 4.91. The van der Waals surface area contributed by atoms with Crippen LogP contribution in [0.25, 0.3) is 11.3 Å². The van der Waals surface area contributed by atoms with E-state index in [-0.39, 0.29) is 0 Å². The number of hydrogen-bond acceptors (Lipinski definition) is 5. The molecule has 1 heterocycles. The van der Waals surface area contributed by atoms with E-state index in [1.165, 1.54) is 20.6 Å². The maximum absolute atomic E-state index is 11.5. The summed E-state index contributed by atoms with van der Waals surface area (Å²) in [5.41, 5.74) is 1.16. The molecule has 0 amide bonds. The first-order chi connectivity index (χ1) is 8.26. The largest absolute Gasteiger partial charge is 0.496 e. The Bertz CT molecular complexity index is 519. The number of methoxy groups -OCH3 is 2. The van der Waals surface area contributed by atoms with Gasteiger partial charge in [-0.25, -0.2) is 9.78 Å². The number of hydrogen-bond donors (Lipinski definition) is 0. The van der Waals surface area contributed by atoms with E-state index in [2.05, 4.69) is 9.72 Å². The molecule has 0 N–H and O–H groups in total. The van der Waals surface area contributed by atoms with Gasteiger partial charge in [-0.1, -0.05) is 6.07 Å². The molecule has 0 radical (unpaired) electrons. The normalized spacial score (nSPS) is 10.0. The number of aromatic nitrogens is 1. The third kappa shape index (κ3) is 2.13. The molecular formula is C12H11NO4. The zero-order valence-corrected chi connectivity index (χ0v) is 9.47. The van der Waals surface area contributed by atoms with Crippen LogP contribution >= 0.6 is 0 Å². The van der Waals surface area contributed by atoms with Crippen LogP contribution in [0.15, 0.2) is 35.2 Å². The quantitative estimate of drug-likeness (QED) is 0.760. The van der Waals surface area contributed by atoms with Crippen molar-refractivity contribution < 1.29 is 18.7 Å². The van der Waals surface area contributed by atoms with Crippen molar-refractivity contribution >= 4 is 5.97 Å². The minimum Gasteiger partial charge on any atom is -0.496 e. The average molecular weight is 233 g/mol. The summed E-state index contributed by atoms with van der Waals surface area (Å²) >= 11 is 0. The first-order valence-corrected chi connectivity index (χ1v) is 4.91. The van der Waals surface area contributed by atoms with E-state index in [9.17, 15) is 4.79 Å². The fourth-order valence-electron chi connectivity index (χ4n) is 1.48. The standard InChI is InChI=1S/C12H11NO4/c1-15-10-5-8(11-6-13-7-17-11)3-4-9(10)12(14)16-2/h3-7H,1-2H3. The highest BCUT2D eigenvalue weighted by atomic mass is 16.5. The number of carbonyl (C=O) groups excluding carboxylic acids is 1. The highest BCUT2D eigenvalue weighted by Crippen LogP contribution is 2.27. The maximum atomic E-state index is 11.5. The van der Waals surface area contributed by atoms with Gasteiger partial charge in [0, 0.05) is 5.56 Å². The van der Waals surface area contributed by atoms with E-state index in [0.29, 0.717) is 17.1 Å². The predicted octanol–water partition coefficient (Wildman–Crippen LogP) is 2.14. The van der Waals surface area contributed by atoms with Gasteiger partial charge in [-0.05, 0) is 12.1 Å². The van der Waals surface area contributed by atoms with Gasteiger partial charge in [0.2, 0.25) is 0 Å². The van der Waals surface area contributed by atoms with Crippen LogP contribution in [-0.2, 0) is 4.74 Å². The Labute approximate surface area is 98.0 Å². The Balaban J connectivity index is 2.44. The summed E-state index contributed by atoms with van der Waals surface area (Å²) in [6.45, 7) is 0. The van der Waals surface area contributed by atoms with E-state index < -0.39 is 5.97 Å². The molecular weight excluding hydrogens is 222 g/mol. The molecule has 0 fully saturated rings. The van der Waals surface area contributed by atoms with Crippen LogP contribution in [0.5, 0.6) is 5.75 Å². The number of nitrogens with zero attached hydrogens (tertiary/aromatic N) is 1. The van der Waals surface area contributed by atoms with Crippen molar-refractivity contribution in [1.82, 2.24) is 4.98 Å². The van der Waals surface area contributed by atoms with Crippen molar-refractivity contribution in [2.24, 2.45) is 0 Å². The van der Waals surface area contributed by atoms with Gasteiger partial charge >= 0.3 is 5.97 Å². The van der Waals surface area contributed by atoms with Gasteiger partial charge in [0.05, 0.1) is 20.4 Å².